The van der Waals surface area contributed by atoms with Gasteiger partial charge in [-0.15, -0.1) is 0 Å². The molecule has 1 aliphatic heterocycles. The quantitative estimate of drug-likeness (QED) is 0.932. The number of fused-ring (bicyclic) bond motifs is 1. The molecular weight excluding hydrogens is 284 g/mol. The Morgan fingerprint density at radius 2 is 1.74 bits per heavy atom. The fourth-order valence-electron chi connectivity index (χ4n) is 3.60. The van der Waals surface area contributed by atoms with E-state index in [2.05, 4.69) is 67.4 Å². The highest BCUT2D eigenvalue weighted by Gasteiger charge is 2.39. The smallest absolute Gasteiger partial charge is 0.242 e. The standard InChI is InChI=1S/C20H24N2O/c1-4-22(5-2)19-18(15-9-7-6-8-10-15)16-13-14(3)11-12-17(16)21-20(19)23/h6-13,18-19H,4-5H2,1-3H3,(H,21,23)/t18-,19-/m0/s1. The maximum atomic E-state index is 12.8. The summed E-state index contributed by atoms with van der Waals surface area (Å²) in [6.45, 7) is 8.05. The highest BCUT2D eigenvalue weighted by Crippen LogP contribution is 2.39. The van der Waals surface area contributed by atoms with Crippen LogP contribution in [0.2, 0.25) is 0 Å². The van der Waals surface area contributed by atoms with Gasteiger partial charge in [0.25, 0.3) is 0 Å². The minimum atomic E-state index is -0.165. The highest BCUT2D eigenvalue weighted by molar-refractivity contribution is 5.99. The maximum absolute atomic E-state index is 12.8. The summed E-state index contributed by atoms with van der Waals surface area (Å²) in [5.41, 5.74) is 4.58. The Labute approximate surface area is 138 Å². The molecule has 0 aromatic heterocycles. The minimum absolute atomic E-state index is 0.0692. The van der Waals surface area contributed by atoms with Crippen molar-refractivity contribution in [1.82, 2.24) is 4.90 Å². The number of nitrogens with zero attached hydrogens (tertiary/aromatic N) is 1. The van der Waals surface area contributed by atoms with Gasteiger partial charge in [0.2, 0.25) is 5.91 Å². The van der Waals surface area contributed by atoms with Crippen LogP contribution in [-0.4, -0.2) is 29.9 Å². The second-order valence-corrected chi connectivity index (χ2v) is 6.13. The van der Waals surface area contributed by atoms with Gasteiger partial charge in [0.1, 0.15) is 6.04 Å². The molecule has 1 amide bonds. The molecule has 2 atom stereocenters. The molecule has 0 saturated carbocycles. The van der Waals surface area contributed by atoms with Crippen molar-refractivity contribution in [1.29, 1.82) is 0 Å². The number of amides is 1. The van der Waals surface area contributed by atoms with E-state index in [4.69, 9.17) is 0 Å². The van der Waals surface area contributed by atoms with Gasteiger partial charge >= 0.3 is 0 Å². The van der Waals surface area contributed by atoms with E-state index in [0.717, 1.165) is 18.8 Å². The molecule has 3 heteroatoms. The van der Waals surface area contributed by atoms with Crippen LogP contribution < -0.4 is 5.32 Å². The van der Waals surface area contributed by atoms with E-state index < -0.39 is 0 Å². The molecule has 1 heterocycles. The fourth-order valence-corrected chi connectivity index (χ4v) is 3.60. The van der Waals surface area contributed by atoms with Crippen LogP contribution in [0.4, 0.5) is 5.69 Å². The van der Waals surface area contributed by atoms with Crippen LogP contribution in [0.1, 0.15) is 36.5 Å². The van der Waals surface area contributed by atoms with Crippen LogP contribution in [-0.2, 0) is 4.79 Å². The first-order valence-corrected chi connectivity index (χ1v) is 8.36. The summed E-state index contributed by atoms with van der Waals surface area (Å²) in [4.78, 5) is 15.1. The third kappa shape index (κ3) is 2.89. The van der Waals surface area contributed by atoms with Crippen LogP contribution in [0, 0.1) is 6.92 Å². The van der Waals surface area contributed by atoms with E-state index in [9.17, 15) is 4.79 Å². The molecule has 0 saturated heterocycles. The van der Waals surface area contributed by atoms with Crippen molar-refractivity contribution in [3.63, 3.8) is 0 Å². The first-order valence-electron chi connectivity index (χ1n) is 8.36. The monoisotopic (exact) mass is 308 g/mol. The number of anilines is 1. The maximum Gasteiger partial charge on any atom is 0.242 e. The molecule has 0 unspecified atom stereocenters. The van der Waals surface area contributed by atoms with Crippen LogP contribution >= 0.6 is 0 Å². The molecule has 3 rings (SSSR count). The summed E-state index contributed by atoms with van der Waals surface area (Å²) in [5, 5.41) is 3.11. The van der Waals surface area contributed by atoms with Gasteiger partial charge in [-0.05, 0) is 37.2 Å². The number of nitrogens with one attached hydrogen (secondary N) is 1. The second-order valence-electron chi connectivity index (χ2n) is 6.13. The van der Waals surface area contributed by atoms with Crippen molar-refractivity contribution in [3.8, 4) is 0 Å². The molecule has 0 fully saturated rings. The molecule has 0 radical (unpaired) electrons. The Kier molecular flexibility index (Phi) is 4.49. The molecule has 0 bridgehead atoms. The van der Waals surface area contributed by atoms with Gasteiger partial charge in [-0.25, -0.2) is 0 Å². The Morgan fingerprint density at radius 1 is 1.04 bits per heavy atom. The van der Waals surface area contributed by atoms with Crippen molar-refractivity contribution in [2.24, 2.45) is 0 Å². The van der Waals surface area contributed by atoms with Crippen LogP contribution in [0.15, 0.2) is 48.5 Å². The average molecular weight is 308 g/mol. The number of hydrogen-bond acceptors (Lipinski definition) is 2. The average Bonchev–Trinajstić information content (AvgIpc) is 2.57. The van der Waals surface area contributed by atoms with Crippen LogP contribution in [0.5, 0.6) is 0 Å². The molecule has 3 nitrogen and oxygen atoms in total. The van der Waals surface area contributed by atoms with E-state index in [1.54, 1.807) is 0 Å². The number of aryl methyl sites for hydroxylation is 1. The van der Waals surface area contributed by atoms with Crippen molar-refractivity contribution in [2.45, 2.75) is 32.7 Å². The molecule has 0 aliphatic carbocycles. The predicted octanol–water partition coefficient (Wildman–Crippen LogP) is 3.79. The second kappa shape index (κ2) is 6.55. The van der Waals surface area contributed by atoms with E-state index in [0.29, 0.717) is 0 Å². The van der Waals surface area contributed by atoms with Crippen molar-refractivity contribution in [2.75, 3.05) is 18.4 Å². The summed E-state index contributed by atoms with van der Waals surface area (Å²) in [5.74, 6) is 0.165. The van der Waals surface area contributed by atoms with E-state index in [1.165, 1.54) is 16.7 Å². The van der Waals surface area contributed by atoms with E-state index in [1.807, 2.05) is 12.1 Å². The van der Waals surface area contributed by atoms with Gasteiger partial charge < -0.3 is 5.32 Å². The Balaban J connectivity index is 2.17. The lowest BCUT2D eigenvalue weighted by Crippen LogP contribution is -2.50. The van der Waals surface area contributed by atoms with Crippen molar-refractivity contribution >= 4 is 11.6 Å². The first-order chi connectivity index (χ1) is 11.2. The molecule has 2 aromatic carbocycles. The van der Waals surface area contributed by atoms with Gasteiger partial charge in [0, 0.05) is 11.6 Å². The molecular formula is C20H24N2O. The summed E-state index contributed by atoms with van der Waals surface area (Å²) >= 11 is 0. The first kappa shape index (κ1) is 15.8. The SMILES string of the molecule is CCN(CC)[C@@H]1C(=O)Nc2ccc(C)cc2[C@@H]1c1ccccc1. The Morgan fingerprint density at radius 3 is 2.39 bits per heavy atom. The third-order valence-corrected chi connectivity index (χ3v) is 4.75. The lowest BCUT2D eigenvalue weighted by atomic mass is 9.80. The van der Waals surface area contributed by atoms with Crippen LogP contribution in [0.25, 0.3) is 0 Å². The predicted molar refractivity (Wildman–Crippen MR) is 94.8 cm³/mol. The van der Waals surface area contributed by atoms with Gasteiger partial charge in [-0.1, -0.05) is 61.9 Å². The Hall–Kier alpha value is -2.13. The topological polar surface area (TPSA) is 32.3 Å². The molecule has 1 aliphatic rings. The zero-order valence-corrected chi connectivity index (χ0v) is 14.0. The highest BCUT2D eigenvalue weighted by atomic mass is 16.2. The summed E-state index contributed by atoms with van der Waals surface area (Å²) < 4.78 is 0. The summed E-state index contributed by atoms with van der Waals surface area (Å²) in [6.07, 6.45) is 0. The lowest BCUT2D eigenvalue weighted by Gasteiger charge is -2.39. The van der Waals surface area contributed by atoms with E-state index >= 15 is 0 Å². The molecule has 2 aromatic rings. The third-order valence-electron chi connectivity index (χ3n) is 4.75. The zero-order valence-electron chi connectivity index (χ0n) is 14.0. The largest absolute Gasteiger partial charge is 0.324 e. The number of benzene rings is 2. The number of hydrogen-bond donors (Lipinski definition) is 1. The van der Waals surface area contributed by atoms with Gasteiger partial charge in [0.15, 0.2) is 0 Å². The number of rotatable bonds is 4. The van der Waals surface area contributed by atoms with Gasteiger partial charge in [0.05, 0.1) is 0 Å². The molecule has 120 valence electrons. The van der Waals surface area contributed by atoms with Crippen molar-refractivity contribution < 1.29 is 4.79 Å². The lowest BCUT2D eigenvalue weighted by molar-refractivity contribution is -0.122. The van der Waals surface area contributed by atoms with Gasteiger partial charge in [-0.2, -0.15) is 0 Å². The zero-order chi connectivity index (χ0) is 16.4. The van der Waals surface area contributed by atoms with Gasteiger partial charge in [-0.3, -0.25) is 9.69 Å². The molecule has 1 N–H and O–H groups in total. The summed E-state index contributed by atoms with van der Waals surface area (Å²) in [6, 6.07) is 16.5. The Bertz CT molecular complexity index is 692. The number of carbonyl (C=O) groups is 1. The summed E-state index contributed by atoms with van der Waals surface area (Å²) in [7, 11) is 0. The normalized spacial score (nSPS) is 20.3. The number of likely N-dealkylation sites (N-methyl/N-ethyl adjacent to an activating group) is 1. The number of carbonyl (C=O) groups excluding carboxylic acids is 1. The molecule has 0 spiro atoms. The van der Waals surface area contributed by atoms with Crippen molar-refractivity contribution in [3.05, 3.63) is 65.2 Å². The van der Waals surface area contributed by atoms with E-state index in [-0.39, 0.29) is 17.9 Å². The molecule has 23 heavy (non-hydrogen) atoms. The minimum Gasteiger partial charge on any atom is -0.324 e. The fraction of sp³-hybridized carbons (Fsp3) is 0.350. The van der Waals surface area contributed by atoms with Crippen LogP contribution in [0.3, 0.4) is 0 Å².